The lowest BCUT2D eigenvalue weighted by atomic mass is 10.3. The number of thiazole rings is 1. The van der Waals surface area contributed by atoms with Gasteiger partial charge < -0.3 is 0 Å². The number of hydrogen-bond acceptors (Lipinski definition) is 3. The summed E-state index contributed by atoms with van der Waals surface area (Å²) in [7, 11) is 0. The first kappa shape index (κ1) is 9.75. The summed E-state index contributed by atoms with van der Waals surface area (Å²) < 4.78 is 1.11. The normalized spacial score (nSPS) is 10.8. The van der Waals surface area contributed by atoms with E-state index in [1.54, 1.807) is 23.7 Å². The topological polar surface area (TPSA) is 25.8 Å². The van der Waals surface area contributed by atoms with Crippen LogP contribution in [0.4, 0.5) is 0 Å². The van der Waals surface area contributed by atoms with Gasteiger partial charge in [-0.3, -0.25) is 4.98 Å². The van der Waals surface area contributed by atoms with E-state index < -0.39 is 0 Å². The van der Waals surface area contributed by atoms with Crippen molar-refractivity contribution < 1.29 is 0 Å². The zero-order valence-corrected chi connectivity index (χ0v) is 9.79. The zero-order chi connectivity index (χ0) is 11.0. The molecule has 4 heteroatoms. The minimum absolute atomic E-state index is 0.703. The second-order valence-corrected chi connectivity index (χ2v) is 4.78. The molecule has 1 aromatic carbocycles. The van der Waals surface area contributed by atoms with Crippen molar-refractivity contribution in [1.82, 2.24) is 9.97 Å². The first-order valence-corrected chi connectivity index (χ1v) is 5.99. The van der Waals surface area contributed by atoms with Crippen LogP contribution in [0.3, 0.4) is 0 Å². The molecular formula is C12H7ClN2S. The van der Waals surface area contributed by atoms with Crippen molar-refractivity contribution in [3.8, 4) is 10.6 Å². The van der Waals surface area contributed by atoms with Gasteiger partial charge in [-0.2, -0.15) is 0 Å². The largest absolute Gasteiger partial charge is 0.265 e. The Balaban J connectivity index is 2.23. The molecule has 16 heavy (non-hydrogen) atoms. The summed E-state index contributed by atoms with van der Waals surface area (Å²) in [6.45, 7) is 0. The van der Waals surface area contributed by atoms with Gasteiger partial charge >= 0.3 is 0 Å². The van der Waals surface area contributed by atoms with Gasteiger partial charge in [-0.1, -0.05) is 17.7 Å². The minimum atomic E-state index is 0.703. The molecule has 0 unspecified atom stereocenters. The predicted octanol–water partition coefficient (Wildman–Crippen LogP) is 4.01. The van der Waals surface area contributed by atoms with Crippen LogP contribution in [0, 0.1) is 0 Å². The molecule has 2 heterocycles. The van der Waals surface area contributed by atoms with E-state index >= 15 is 0 Å². The lowest BCUT2D eigenvalue weighted by molar-refractivity contribution is 1.32. The molecule has 0 aliphatic rings. The molecule has 3 rings (SSSR count). The van der Waals surface area contributed by atoms with E-state index in [1.165, 1.54) is 0 Å². The molecule has 0 amide bonds. The Bertz CT molecular complexity index is 634. The SMILES string of the molecule is Clc1cccc2sc(-c3ccncc3)nc12. The van der Waals surface area contributed by atoms with Crippen LogP contribution in [0.5, 0.6) is 0 Å². The molecule has 0 fully saturated rings. The van der Waals surface area contributed by atoms with Crippen molar-refractivity contribution in [2.45, 2.75) is 0 Å². The molecule has 3 aromatic rings. The summed E-state index contributed by atoms with van der Waals surface area (Å²) >= 11 is 7.73. The summed E-state index contributed by atoms with van der Waals surface area (Å²) in [5.74, 6) is 0. The second-order valence-electron chi connectivity index (χ2n) is 3.34. The maximum Gasteiger partial charge on any atom is 0.124 e. The third kappa shape index (κ3) is 1.58. The number of fused-ring (bicyclic) bond motifs is 1. The average Bonchev–Trinajstić information content (AvgIpc) is 2.76. The van der Waals surface area contributed by atoms with Crippen LogP contribution in [0.2, 0.25) is 5.02 Å². The molecule has 2 aromatic heterocycles. The summed E-state index contributed by atoms with van der Waals surface area (Å²) in [6.07, 6.45) is 3.53. The first-order valence-electron chi connectivity index (χ1n) is 4.80. The Kier molecular flexibility index (Phi) is 2.35. The number of rotatable bonds is 1. The highest BCUT2D eigenvalue weighted by Gasteiger charge is 2.07. The monoisotopic (exact) mass is 246 g/mol. The molecule has 78 valence electrons. The first-order chi connectivity index (χ1) is 7.84. The fourth-order valence-electron chi connectivity index (χ4n) is 1.53. The second kappa shape index (κ2) is 3.85. The molecule has 0 saturated heterocycles. The van der Waals surface area contributed by atoms with Crippen LogP contribution in [-0.4, -0.2) is 9.97 Å². The fourth-order valence-corrected chi connectivity index (χ4v) is 2.80. The molecule has 0 radical (unpaired) electrons. The van der Waals surface area contributed by atoms with Crippen LogP contribution in [0.25, 0.3) is 20.8 Å². The van der Waals surface area contributed by atoms with Crippen LogP contribution in [0.1, 0.15) is 0 Å². The molecule has 0 spiro atoms. The third-order valence-electron chi connectivity index (χ3n) is 2.30. The van der Waals surface area contributed by atoms with Crippen molar-refractivity contribution in [3.63, 3.8) is 0 Å². The van der Waals surface area contributed by atoms with E-state index in [-0.39, 0.29) is 0 Å². The van der Waals surface area contributed by atoms with Gasteiger partial charge in [0, 0.05) is 18.0 Å². The van der Waals surface area contributed by atoms with E-state index in [2.05, 4.69) is 9.97 Å². The number of pyridine rings is 1. The summed E-state index contributed by atoms with van der Waals surface area (Å²) in [5, 5.41) is 1.68. The molecule has 0 aliphatic carbocycles. The molecule has 0 atom stereocenters. The minimum Gasteiger partial charge on any atom is -0.265 e. The molecule has 0 saturated carbocycles. The smallest absolute Gasteiger partial charge is 0.124 e. The van der Waals surface area contributed by atoms with E-state index in [0.717, 1.165) is 20.8 Å². The van der Waals surface area contributed by atoms with E-state index in [9.17, 15) is 0 Å². The van der Waals surface area contributed by atoms with Gasteiger partial charge in [0.2, 0.25) is 0 Å². The van der Waals surface area contributed by atoms with E-state index in [1.807, 2.05) is 30.3 Å². The third-order valence-corrected chi connectivity index (χ3v) is 3.67. The van der Waals surface area contributed by atoms with Gasteiger partial charge in [0.25, 0.3) is 0 Å². The van der Waals surface area contributed by atoms with Crippen LogP contribution < -0.4 is 0 Å². The number of halogens is 1. The summed E-state index contributed by atoms with van der Waals surface area (Å²) in [5.41, 5.74) is 1.95. The zero-order valence-electron chi connectivity index (χ0n) is 8.22. The average molecular weight is 247 g/mol. The number of aromatic nitrogens is 2. The number of nitrogens with zero attached hydrogens (tertiary/aromatic N) is 2. The highest BCUT2D eigenvalue weighted by atomic mass is 35.5. The molecular weight excluding hydrogens is 240 g/mol. The lowest BCUT2D eigenvalue weighted by Crippen LogP contribution is -1.76. The van der Waals surface area contributed by atoms with Gasteiger partial charge in [0.05, 0.1) is 9.72 Å². The molecule has 0 bridgehead atoms. The van der Waals surface area contributed by atoms with Gasteiger partial charge in [-0.25, -0.2) is 4.98 Å². The van der Waals surface area contributed by atoms with Gasteiger partial charge in [0.1, 0.15) is 10.5 Å². The Morgan fingerprint density at radius 2 is 1.88 bits per heavy atom. The van der Waals surface area contributed by atoms with Crippen LogP contribution >= 0.6 is 22.9 Å². The summed E-state index contributed by atoms with van der Waals surface area (Å²) in [6, 6.07) is 9.74. The van der Waals surface area contributed by atoms with Gasteiger partial charge in [0.15, 0.2) is 0 Å². The highest BCUT2D eigenvalue weighted by molar-refractivity contribution is 7.21. The highest BCUT2D eigenvalue weighted by Crippen LogP contribution is 2.32. The van der Waals surface area contributed by atoms with Crippen LogP contribution in [-0.2, 0) is 0 Å². The number of para-hydroxylation sites is 1. The predicted molar refractivity (Wildman–Crippen MR) is 67.9 cm³/mol. The Morgan fingerprint density at radius 1 is 1.06 bits per heavy atom. The van der Waals surface area contributed by atoms with E-state index in [4.69, 9.17) is 11.6 Å². The van der Waals surface area contributed by atoms with E-state index in [0.29, 0.717) is 5.02 Å². The molecule has 2 nitrogen and oxygen atoms in total. The molecule has 0 N–H and O–H groups in total. The van der Waals surface area contributed by atoms with Crippen molar-refractivity contribution >= 4 is 33.2 Å². The van der Waals surface area contributed by atoms with Crippen molar-refractivity contribution in [2.75, 3.05) is 0 Å². The Labute approximate surface area is 102 Å². The maximum atomic E-state index is 6.09. The van der Waals surface area contributed by atoms with Crippen molar-refractivity contribution in [2.24, 2.45) is 0 Å². The van der Waals surface area contributed by atoms with Gasteiger partial charge in [-0.05, 0) is 24.3 Å². The summed E-state index contributed by atoms with van der Waals surface area (Å²) in [4.78, 5) is 8.53. The van der Waals surface area contributed by atoms with Gasteiger partial charge in [-0.15, -0.1) is 11.3 Å². The van der Waals surface area contributed by atoms with Crippen molar-refractivity contribution in [3.05, 3.63) is 47.7 Å². The number of hydrogen-bond donors (Lipinski definition) is 0. The molecule has 0 aliphatic heterocycles. The number of benzene rings is 1. The Hall–Kier alpha value is -1.45. The lowest BCUT2D eigenvalue weighted by Gasteiger charge is -1.92. The van der Waals surface area contributed by atoms with Crippen molar-refractivity contribution in [1.29, 1.82) is 0 Å². The van der Waals surface area contributed by atoms with Crippen LogP contribution in [0.15, 0.2) is 42.7 Å². The maximum absolute atomic E-state index is 6.09. The Morgan fingerprint density at radius 3 is 2.62 bits per heavy atom. The standard InChI is InChI=1S/C12H7ClN2S/c13-9-2-1-3-10-11(9)15-12(16-10)8-4-6-14-7-5-8/h1-7H. The fraction of sp³-hybridized carbons (Fsp3) is 0. The quantitative estimate of drug-likeness (QED) is 0.648.